The third-order valence-corrected chi connectivity index (χ3v) is 9.37. The fourth-order valence-corrected chi connectivity index (χ4v) is 7.53. The first kappa shape index (κ1) is 27.2. The maximum Gasteiger partial charge on any atom is 0.238 e. The lowest BCUT2D eigenvalue weighted by Crippen LogP contribution is -2.49. The molecule has 1 N–H and O–H groups in total. The Bertz CT molecular complexity index is 1920. The molecule has 4 atom stereocenters. The number of ketones is 2. The Kier molecular flexibility index (Phi) is 6.27. The number of carbonyl (C=O) groups excluding carboxylic acids is 3. The summed E-state index contributed by atoms with van der Waals surface area (Å²) in [5.74, 6) is -0.385. The summed E-state index contributed by atoms with van der Waals surface area (Å²) in [5.41, 5.74) is 2.50. The molecule has 0 saturated carbocycles. The van der Waals surface area contributed by atoms with E-state index in [0.29, 0.717) is 46.2 Å². The molecule has 1 spiro atoms. The lowest BCUT2D eigenvalue weighted by atomic mass is 9.62. The normalized spacial score (nSPS) is 23.4. The molecule has 8 rings (SSSR count). The Morgan fingerprint density at radius 1 is 0.911 bits per heavy atom. The molecule has 224 valence electrons. The van der Waals surface area contributed by atoms with Crippen molar-refractivity contribution in [3.8, 4) is 17.2 Å². The van der Waals surface area contributed by atoms with E-state index in [1.807, 2.05) is 78.7 Å². The predicted molar refractivity (Wildman–Crippen MR) is 168 cm³/mol. The molecule has 0 radical (unpaired) electrons. The molecule has 1 saturated heterocycles. The van der Waals surface area contributed by atoms with Crippen LogP contribution in [0.15, 0.2) is 97.2 Å². The highest BCUT2D eigenvalue weighted by molar-refractivity contribution is 6.16. The first-order valence-electron chi connectivity index (χ1n) is 15.2. The SMILES string of the molecule is CCCOc1cccc(C(=O)[C@@H]2[C@@H](C(=O)c3ccc4c(c3)OCO4)N3C=Cc4ccccc4[C@@H]3[C@]23C(=O)Nc2ccccc23)c1. The maximum absolute atomic E-state index is 15.1. The van der Waals surface area contributed by atoms with Crippen molar-refractivity contribution < 1.29 is 28.6 Å². The number of ether oxygens (including phenoxy) is 3. The van der Waals surface area contributed by atoms with Gasteiger partial charge in [-0.3, -0.25) is 14.4 Å². The van der Waals surface area contributed by atoms with Crippen LogP contribution in [-0.2, 0) is 10.2 Å². The van der Waals surface area contributed by atoms with Gasteiger partial charge in [-0.05, 0) is 65.6 Å². The van der Waals surface area contributed by atoms with Crippen LogP contribution in [0.2, 0.25) is 0 Å². The highest BCUT2D eigenvalue weighted by Crippen LogP contribution is 2.62. The summed E-state index contributed by atoms with van der Waals surface area (Å²) in [6.45, 7) is 2.59. The third kappa shape index (κ3) is 3.94. The molecular weight excluding hydrogens is 568 g/mol. The Morgan fingerprint density at radius 2 is 1.71 bits per heavy atom. The van der Waals surface area contributed by atoms with Crippen LogP contribution in [0.25, 0.3) is 6.08 Å². The molecule has 0 unspecified atom stereocenters. The second-order valence-corrected chi connectivity index (χ2v) is 11.8. The van der Waals surface area contributed by atoms with Gasteiger partial charge in [0.25, 0.3) is 0 Å². The van der Waals surface area contributed by atoms with Crippen LogP contribution in [0.4, 0.5) is 5.69 Å². The number of nitrogens with zero attached hydrogens (tertiary/aromatic N) is 1. The van der Waals surface area contributed by atoms with Gasteiger partial charge in [0, 0.05) is 23.0 Å². The van der Waals surface area contributed by atoms with E-state index < -0.39 is 23.4 Å². The molecule has 0 aromatic heterocycles. The number of Topliss-reactive ketones (excluding diaryl/α,β-unsaturated/α-hetero) is 2. The quantitative estimate of drug-likeness (QED) is 0.254. The lowest BCUT2D eigenvalue weighted by Gasteiger charge is -2.38. The molecule has 8 heteroatoms. The van der Waals surface area contributed by atoms with Gasteiger partial charge in [0.2, 0.25) is 12.7 Å². The summed E-state index contributed by atoms with van der Waals surface area (Å²) < 4.78 is 17.0. The number of anilines is 1. The van der Waals surface area contributed by atoms with Crippen LogP contribution in [0.5, 0.6) is 17.2 Å². The fourth-order valence-electron chi connectivity index (χ4n) is 7.53. The van der Waals surface area contributed by atoms with Gasteiger partial charge >= 0.3 is 0 Å². The van der Waals surface area contributed by atoms with Gasteiger partial charge in [0.1, 0.15) is 17.2 Å². The van der Waals surface area contributed by atoms with Crippen LogP contribution in [0.3, 0.4) is 0 Å². The number of nitrogens with one attached hydrogen (secondary N) is 1. The number of amides is 1. The molecule has 1 fully saturated rings. The van der Waals surface area contributed by atoms with Gasteiger partial charge in [-0.25, -0.2) is 0 Å². The summed E-state index contributed by atoms with van der Waals surface area (Å²) in [4.78, 5) is 46.5. The number of fused-ring (bicyclic) bond motifs is 7. The van der Waals surface area contributed by atoms with Crippen molar-refractivity contribution in [2.75, 3.05) is 18.7 Å². The number of rotatable bonds is 7. The van der Waals surface area contributed by atoms with E-state index in [4.69, 9.17) is 14.2 Å². The van der Waals surface area contributed by atoms with E-state index in [1.54, 1.807) is 36.4 Å². The molecule has 4 aliphatic heterocycles. The topological polar surface area (TPSA) is 94.2 Å². The second kappa shape index (κ2) is 10.4. The van der Waals surface area contributed by atoms with Crippen LogP contribution in [-0.4, -0.2) is 41.8 Å². The molecule has 45 heavy (non-hydrogen) atoms. The largest absolute Gasteiger partial charge is 0.494 e. The van der Waals surface area contributed by atoms with Crippen LogP contribution >= 0.6 is 0 Å². The van der Waals surface area contributed by atoms with Gasteiger partial charge in [0.05, 0.1) is 18.6 Å². The number of carbonyl (C=O) groups is 3. The predicted octanol–water partition coefficient (Wildman–Crippen LogP) is 6.19. The number of benzene rings is 4. The molecule has 4 aliphatic rings. The standard InChI is InChI=1S/C37H30N2O6/c1-2-18-43-25-10-7-9-23(19-25)33(40)31-32(34(41)24-14-15-29-30(20-24)45-21-44-29)39-17-16-22-8-3-4-11-26(22)35(39)37(31)27-12-5-6-13-28(27)38-36(37)42/h3-17,19-20,31-32,35H,2,18,21H2,1H3,(H,38,42)/t31-,32-,35+,37+/m0/s1. The van der Waals surface area contributed by atoms with E-state index in [-0.39, 0.29) is 24.3 Å². The summed E-state index contributed by atoms with van der Waals surface area (Å²) in [6.07, 6.45) is 4.63. The Morgan fingerprint density at radius 3 is 2.60 bits per heavy atom. The monoisotopic (exact) mass is 598 g/mol. The van der Waals surface area contributed by atoms with E-state index in [2.05, 4.69) is 5.32 Å². The molecular formula is C37H30N2O6. The van der Waals surface area contributed by atoms with Crippen LogP contribution in [0.1, 0.15) is 56.8 Å². The van der Waals surface area contributed by atoms with E-state index in [9.17, 15) is 9.59 Å². The minimum atomic E-state index is -1.41. The van der Waals surface area contributed by atoms with Crippen molar-refractivity contribution in [3.05, 3.63) is 125 Å². The minimum Gasteiger partial charge on any atom is -0.494 e. The van der Waals surface area contributed by atoms with E-state index in [1.165, 1.54) is 0 Å². The lowest BCUT2D eigenvalue weighted by molar-refractivity contribution is -0.122. The van der Waals surface area contributed by atoms with Crippen molar-refractivity contribution in [1.82, 2.24) is 4.90 Å². The van der Waals surface area contributed by atoms with Gasteiger partial charge in [-0.15, -0.1) is 0 Å². The van der Waals surface area contributed by atoms with Gasteiger partial charge in [-0.1, -0.05) is 61.5 Å². The van der Waals surface area contributed by atoms with E-state index >= 15 is 4.79 Å². The van der Waals surface area contributed by atoms with Crippen molar-refractivity contribution in [2.24, 2.45) is 5.92 Å². The Hall–Kier alpha value is -5.37. The molecule has 4 aromatic rings. The molecule has 8 nitrogen and oxygen atoms in total. The second-order valence-electron chi connectivity index (χ2n) is 11.8. The summed E-state index contributed by atoms with van der Waals surface area (Å²) in [6, 6.07) is 25.8. The smallest absolute Gasteiger partial charge is 0.238 e. The summed E-state index contributed by atoms with van der Waals surface area (Å²) >= 11 is 0. The summed E-state index contributed by atoms with van der Waals surface area (Å²) in [5, 5.41) is 3.09. The number of hydrogen-bond acceptors (Lipinski definition) is 7. The number of hydrogen-bond donors (Lipinski definition) is 1. The van der Waals surface area contributed by atoms with Crippen LogP contribution < -0.4 is 19.5 Å². The van der Waals surface area contributed by atoms with Gasteiger partial charge in [0.15, 0.2) is 23.1 Å². The molecule has 4 aromatic carbocycles. The average Bonchev–Trinajstić information content (AvgIpc) is 3.76. The van der Waals surface area contributed by atoms with Gasteiger partial charge < -0.3 is 24.4 Å². The Balaban J connectivity index is 1.37. The van der Waals surface area contributed by atoms with Crippen molar-refractivity contribution in [1.29, 1.82) is 0 Å². The first-order chi connectivity index (χ1) is 22.0. The van der Waals surface area contributed by atoms with Crippen molar-refractivity contribution in [2.45, 2.75) is 30.8 Å². The third-order valence-electron chi connectivity index (χ3n) is 9.37. The van der Waals surface area contributed by atoms with Crippen LogP contribution in [0, 0.1) is 5.92 Å². The van der Waals surface area contributed by atoms with Crippen molar-refractivity contribution >= 4 is 29.2 Å². The minimum absolute atomic E-state index is 0.0712. The molecule has 4 heterocycles. The highest BCUT2D eigenvalue weighted by atomic mass is 16.7. The van der Waals surface area contributed by atoms with Crippen molar-refractivity contribution in [3.63, 3.8) is 0 Å². The fraction of sp³-hybridized carbons (Fsp3) is 0.216. The zero-order valence-electron chi connectivity index (χ0n) is 24.6. The average molecular weight is 599 g/mol. The first-order valence-corrected chi connectivity index (χ1v) is 15.2. The molecule has 1 amide bonds. The zero-order valence-corrected chi connectivity index (χ0v) is 24.6. The van der Waals surface area contributed by atoms with Gasteiger partial charge in [-0.2, -0.15) is 0 Å². The maximum atomic E-state index is 15.1. The molecule has 0 bridgehead atoms. The van der Waals surface area contributed by atoms with E-state index in [0.717, 1.165) is 17.5 Å². The zero-order chi connectivity index (χ0) is 30.7. The highest BCUT2D eigenvalue weighted by Gasteiger charge is 2.70. The summed E-state index contributed by atoms with van der Waals surface area (Å²) in [7, 11) is 0. The Labute approximate surface area is 260 Å². The molecule has 0 aliphatic carbocycles. The number of para-hydroxylation sites is 1.